The maximum absolute atomic E-state index is 13.4. The van der Waals surface area contributed by atoms with Crippen LogP contribution in [-0.2, 0) is 30.3 Å². The smallest absolute Gasteiger partial charge is 0.306 e. The number of allylic oxidation sites excluding steroid dienone is 1. The van der Waals surface area contributed by atoms with E-state index in [-0.39, 0.29) is 41.7 Å². The summed E-state index contributed by atoms with van der Waals surface area (Å²) in [5, 5.41) is 14.5. The number of benzene rings is 1. The molecule has 3 saturated carbocycles. The highest BCUT2D eigenvalue weighted by Crippen LogP contribution is 2.67. The number of carbonyl (C=O) groups is 4. The van der Waals surface area contributed by atoms with Crippen LogP contribution in [0.4, 0.5) is 4.39 Å². The van der Waals surface area contributed by atoms with Crippen LogP contribution in [0.15, 0.2) is 35.9 Å². The second kappa shape index (κ2) is 11.4. The largest absolute Gasteiger partial charge is 0.458 e. The molecule has 0 saturated heterocycles. The van der Waals surface area contributed by atoms with Crippen molar-refractivity contribution in [3.8, 4) is 0 Å². The van der Waals surface area contributed by atoms with Gasteiger partial charge in [0.2, 0.25) is 11.7 Å². The number of fused-ring (bicyclic) bond motifs is 5. The first kappa shape index (κ1) is 29.6. The van der Waals surface area contributed by atoms with E-state index < -0.39 is 29.4 Å². The summed E-state index contributed by atoms with van der Waals surface area (Å²) < 4.78 is 18.2. The number of ether oxygens (including phenoxy) is 1. The number of ketones is 2. The van der Waals surface area contributed by atoms with E-state index in [0.717, 1.165) is 44.1 Å². The number of rotatable bonds is 9. The van der Waals surface area contributed by atoms with E-state index in [9.17, 15) is 28.7 Å². The Labute approximate surface area is 241 Å². The van der Waals surface area contributed by atoms with Crippen molar-refractivity contribution < 1.29 is 33.4 Å². The predicted octanol–water partition coefficient (Wildman–Crippen LogP) is 4.64. The molecule has 2 N–H and O–H groups in total. The maximum atomic E-state index is 13.4. The van der Waals surface area contributed by atoms with Gasteiger partial charge in [-0.05, 0) is 98.3 Å². The fourth-order valence-electron chi connectivity index (χ4n) is 8.67. The quantitative estimate of drug-likeness (QED) is 0.421. The summed E-state index contributed by atoms with van der Waals surface area (Å²) in [4.78, 5) is 49.9. The summed E-state index contributed by atoms with van der Waals surface area (Å²) in [5.74, 6) is -0.437. The minimum atomic E-state index is -1.54. The Kier molecular flexibility index (Phi) is 8.25. The van der Waals surface area contributed by atoms with Crippen LogP contribution in [0.25, 0.3) is 0 Å². The molecule has 0 unspecified atom stereocenters. The van der Waals surface area contributed by atoms with Crippen molar-refractivity contribution >= 4 is 23.4 Å². The molecule has 1 amide bonds. The van der Waals surface area contributed by atoms with Gasteiger partial charge in [-0.2, -0.15) is 0 Å². The lowest BCUT2D eigenvalue weighted by Crippen LogP contribution is -2.58. The number of carbonyl (C=O) groups excluding carboxylic acids is 4. The number of nitrogens with one attached hydrogen (secondary N) is 1. The highest BCUT2D eigenvalue weighted by atomic mass is 19.1. The van der Waals surface area contributed by atoms with Crippen LogP contribution in [0.3, 0.4) is 0 Å². The Morgan fingerprint density at radius 2 is 1.73 bits per heavy atom. The van der Waals surface area contributed by atoms with Crippen molar-refractivity contribution in [2.45, 2.75) is 90.1 Å². The third-order valence-electron chi connectivity index (χ3n) is 11.1. The van der Waals surface area contributed by atoms with Gasteiger partial charge >= 0.3 is 5.97 Å². The zero-order chi connectivity index (χ0) is 29.4. The van der Waals surface area contributed by atoms with E-state index in [1.54, 1.807) is 12.1 Å². The molecule has 222 valence electrons. The van der Waals surface area contributed by atoms with E-state index in [1.165, 1.54) is 17.7 Å². The van der Waals surface area contributed by atoms with Crippen LogP contribution >= 0.6 is 0 Å². The molecule has 8 heteroatoms. The summed E-state index contributed by atoms with van der Waals surface area (Å²) in [6, 6.07) is 6.05. The molecule has 41 heavy (non-hydrogen) atoms. The average molecular weight is 568 g/mol. The molecule has 0 bridgehead atoms. The summed E-state index contributed by atoms with van der Waals surface area (Å²) in [6.45, 7) is 4.21. The van der Waals surface area contributed by atoms with Crippen LogP contribution < -0.4 is 5.32 Å². The zero-order valence-electron chi connectivity index (χ0n) is 24.2. The van der Waals surface area contributed by atoms with Crippen LogP contribution in [-0.4, -0.2) is 47.3 Å². The molecule has 4 aliphatic rings. The Morgan fingerprint density at radius 1 is 1.00 bits per heavy atom. The lowest BCUT2D eigenvalue weighted by molar-refractivity contribution is -0.170. The number of Topliss-reactive ketones (excluding diaryl/α,β-unsaturated/α-hetero) is 1. The Balaban J connectivity index is 1.11. The topological polar surface area (TPSA) is 110 Å². The summed E-state index contributed by atoms with van der Waals surface area (Å²) >= 11 is 0. The molecule has 0 spiro atoms. The highest BCUT2D eigenvalue weighted by molar-refractivity contribution is 5.92. The number of esters is 1. The number of hydrogen-bond donors (Lipinski definition) is 2. The standard InChI is InChI=1S/C33H42FNO6/c1-31-15-11-24(36)19-22(31)5-8-25-26(31)12-16-32(2)27(25)13-17-33(32,40)28(37)20-41-30(39)10-9-29(38)35-18-14-21-3-6-23(34)7-4-21/h3-4,6-7,19,25-27,40H,5,8-18,20H2,1-2H3,(H,35,38)/t25-,26-,27+,31+,32+,33+/m1/s1. The molecule has 0 heterocycles. The second-order valence-corrected chi connectivity index (χ2v) is 13.1. The summed E-state index contributed by atoms with van der Waals surface area (Å²) in [6.07, 6.45) is 8.32. The van der Waals surface area contributed by atoms with Crippen LogP contribution in [0.2, 0.25) is 0 Å². The first-order valence-corrected chi connectivity index (χ1v) is 15.1. The number of hydrogen-bond acceptors (Lipinski definition) is 6. The second-order valence-electron chi connectivity index (χ2n) is 13.1. The van der Waals surface area contributed by atoms with Crippen molar-refractivity contribution in [2.75, 3.05) is 13.2 Å². The first-order chi connectivity index (χ1) is 19.5. The first-order valence-electron chi connectivity index (χ1n) is 15.1. The van der Waals surface area contributed by atoms with Gasteiger partial charge in [0, 0.05) is 24.8 Å². The van der Waals surface area contributed by atoms with Crippen molar-refractivity contribution in [3.63, 3.8) is 0 Å². The van der Waals surface area contributed by atoms with Crippen molar-refractivity contribution in [1.29, 1.82) is 0 Å². The van der Waals surface area contributed by atoms with Crippen molar-refractivity contribution in [2.24, 2.45) is 28.6 Å². The van der Waals surface area contributed by atoms with Gasteiger partial charge in [-0.1, -0.05) is 31.6 Å². The van der Waals surface area contributed by atoms with E-state index in [1.807, 2.05) is 13.0 Å². The van der Waals surface area contributed by atoms with Gasteiger partial charge < -0.3 is 15.2 Å². The number of aliphatic hydroxyl groups is 1. The molecular formula is C33H42FNO6. The maximum Gasteiger partial charge on any atom is 0.306 e. The van der Waals surface area contributed by atoms with Gasteiger partial charge in [0.05, 0.1) is 6.42 Å². The van der Waals surface area contributed by atoms with E-state index in [0.29, 0.717) is 37.6 Å². The van der Waals surface area contributed by atoms with Crippen molar-refractivity contribution in [1.82, 2.24) is 5.32 Å². The molecule has 4 aliphatic carbocycles. The third kappa shape index (κ3) is 5.52. The Morgan fingerprint density at radius 3 is 2.49 bits per heavy atom. The Hall–Kier alpha value is -2.87. The zero-order valence-corrected chi connectivity index (χ0v) is 24.2. The molecule has 0 aromatic heterocycles. The van der Waals surface area contributed by atoms with Gasteiger partial charge in [-0.25, -0.2) is 4.39 Å². The predicted molar refractivity (Wildman–Crippen MR) is 150 cm³/mol. The van der Waals surface area contributed by atoms with Crippen LogP contribution in [0.5, 0.6) is 0 Å². The molecule has 7 nitrogen and oxygen atoms in total. The minimum absolute atomic E-state index is 0.0195. The van der Waals surface area contributed by atoms with Crippen LogP contribution in [0.1, 0.15) is 83.6 Å². The monoisotopic (exact) mass is 567 g/mol. The SMILES string of the molecule is C[C@]12CCC(=O)C=C1CC[C@@H]1[C@H]2CC[C@@]2(C)[C@H]1CC[C@]2(O)C(=O)COC(=O)CCC(=O)NCCc1ccc(F)cc1. The van der Waals surface area contributed by atoms with E-state index in [4.69, 9.17) is 4.74 Å². The molecule has 3 fully saturated rings. The fourth-order valence-corrected chi connectivity index (χ4v) is 8.67. The molecule has 6 atom stereocenters. The normalized spacial score (nSPS) is 34.1. The Bertz CT molecular complexity index is 1240. The number of halogens is 1. The van der Waals surface area contributed by atoms with Gasteiger partial charge in [0.1, 0.15) is 11.4 Å². The van der Waals surface area contributed by atoms with Gasteiger partial charge in [0.25, 0.3) is 0 Å². The average Bonchev–Trinajstić information content (AvgIpc) is 3.23. The highest BCUT2D eigenvalue weighted by Gasteiger charge is 2.66. The number of amides is 1. The van der Waals surface area contributed by atoms with Gasteiger partial charge in [0.15, 0.2) is 12.4 Å². The molecule has 5 rings (SSSR count). The lowest BCUT2D eigenvalue weighted by atomic mass is 9.46. The van der Waals surface area contributed by atoms with E-state index in [2.05, 4.69) is 12.2 Å². The lowest BCUT2D eigenvalue weighted by Gasteiger charge is -2.58. The van der Waals surface area contributed by atoms with Gasteiger partial charge in [-0.15, -0.1) is 0 Å². The molecule has 0 aliphatic heterocycles. The molecule has 0 radical (unpaired) electrons. The van der Waals surface area contributed by atoms with Crippen molar-refractivity contribution in [3.05, 3.63) is 47.3 Å². The molecule has 1 aromatic rings. The summed E-state index contributed by atoms with van der Waals surface area (Å²) in [7, 11) is 0. The fraction of sp³-hybridized carbons (Fsp3) is 0.636. The summed E-state index contributed by atoms with van der Waals surface area (Å²) in [5.41, 5.74) is 0.0794. The van der Waals surface area contributed by atoms with Crippen LogP contribution in [0, 0.1) is 34.4 Å². The molecular weight excluding hydrogens is 525 g/mol. The third-order valence-corrected chi connectivity index (χ3v) is 11.1. The minimum Gasteiger partial charge on any atom is -0.458 e. The van der Waals surface area contributed by atoms with E-state index >= 15 is 0 Å². The molecule has 1 aromatic carbocycles. The van der Waals surface area contributed by atoms with Gasteiger partial charge in [-0.3, -0.25) is 19.2 Å².